The molecule has 55 heavy (non-hydrogen) atoms. The number of amidine groups is 1. The average Bonchev–Trinajstić information content (AvgIpc) is 3.10. The van der Waals surface area contributed by atoms with Gasteiger partial charge in [0.1, 0.15) is 16.7 Å². The summed E-state index contributed by atoms with van der Waals surface area (Å²) in [5.41, 5.74) is 2.23. The van der Waals surface area contributed by atoms with E-state index in [1.165, 1.54) is 27.0 Å². The Morgan fingerprint density at radius 1 is 0.836 bits per heavy atom. The number of alkyl halides is 5. The maximum absolute atomic E-state index is 12.8. The number of aromatic amines is 1. The molecule has 0 saturated carbocycles. The Morgan fingerprint density at radius 2 is 1.36 bits per heavy atom. The molecule has 0 aliphatic carbocycles. The van der Waals surface area contributed by atoms with Crippen molar-refractivity contribution < 1.29 is 18.2 Å². The molecule has 1 unspecified atom stereocenters. The molecule has 0 saturated heterocycles. The van der Waals surface area contributed by atoms with Gasteiger partial charge in [-0.25, -0.2) is 29.9 Å². The van der Waals surface area contributed by atoms with Gasteiger partial charge >= 0.3 is 49.4 Å². The van der Waals surface area contributed by atoms with Crippen molar-refractivity contribution in [1.82, 2.24) is 40.2 Å². The van der Waals surface area contributed by atoms with Crippen LogP contribution in [0, 0.1) is 29.3 Å². The van der Waals surface area contributed by atoms with Crippen molar-refractivity contribution in [3.63, 3.8) is 0 Å². The summed E-state index contributed by atoms with van der Waals surface area (Å²) in [7, 11) is 0.628. The monoisotopic (exact) mass is 1710 g/mol. The molecule has 1 aliphatic rings. The molecule has 10 nitrogen and oxygen atoms in total. The van der Waals surface area contributed by atoms with Crippen LogP contribution < -0.4 is 10.9 Å². The number of aliphatic imine (C=N–C) groups is 1. The van der Waals surface area contributed by atoms with E-state index in [9.17, 15) is 13.6 Å². The van der Waals surface area contributed by atoms with Crippen LogP contribution in [0.3, 0.4) is 0 Å². The summed E-state index contributed by atoms with van der Waals surface area (Å²) in [4.78, 5) is 40.7. The SMILES string of the molecule is C.CC1=NC(c2cc[nH]c(=O)c2)C=CN1.Cc1nccc(-c2ccnc(F)c2)n1.Cc1nccc(Cl)n1.Fc1cc(I)ccn1.IC(I)I.ICI.[I][V][I]. The van der Waals surface area contributed by atoms with Crippen molar-refractivity contribution in [3.8, 4) is 11.3 Å². The summed E-state index contributed by atoms with van der Waals surface area (Å²) in [6.07, 6.45) is 11.5. The zero-order chi connectivity index (χ0) is 40.9. The molecule has 1 atom stereocenters. The zero-order valence-electron chi connectivity index (χ0n) is 28.2. The Kier molecular flexibility index (Phi) is 39.2. The van der Waals surface area contributed by atoms with E-state index in [1.54, 1.807) is 62.8 Å². The number of nitrogens with one attached hydrogen (secondary N) is 2. The van der Waals surface area contributed by atoms with E-state index < -0.39 is 11.9 Å². The maximum atomic E-state index is 12.8. The molecule has 6 rings (SSSR count). The van der Waals surface area contributed by atoms with Gasteiger partial charge < -0.3 is 10.3 Å². The molecule has 0 radical (unpaired) electrons. The zero-order valence-corrected chi connectivity index (χ0v) is 47.6. The Morgan fingerprint density at radius 3 is 1.80 bits per heavy atom. The van der Waals surface area contributed by atoms with Crippen LogP contribution in [0.15, 0.2) is 102 Å². The van der Waals surface area contributed by atoms with E-state index in [1.807, 2.05) is 47.9 Å². The van der Waals surface area contributed by atoms with Crippen molar-refractivity contribution in [1.29, 1.82) is 0 Å². The van der Waals surface area contributed by atoms with Crippen molar-refractivity contribution in [2.45, 2.75) is 34.2 Å². The average molecular weight is 1710 g/mol. The molecule has 6 heterocycles. The van der Waals surface area contributed by atoms with Gasteiger partial charge in [-0.15, -0.1) is 0 Å². The van der Waals surface area contributed by atoms with E-state index >= 15 is 0 Å². The Labute approximate surface area is 436 Å². The van der Waals surface area contributed by atoms with Gasteiger partial charge in [-0.3, -0.25) is 9.79 Å². The number of H-pyrrole nitrogens is 1. The molecule has 22 heteroatoms. The third-order valence-electron chi connectivity index (χ3n) is 5.27. The first kappa shape index (κ1) is 58.3. The molecule has 0 bridgehead atoms. The molecular weight excluding hydrogens is 1680 g/mol. The summed E-state index contributed by atoms with van der Waals surface area (Å²) in [5.74, 6) is 1.31. The number of aryl methyl sites for hydroxylation is 2. The Hall–Kier alpha value is 1.19. The van der Waals surface area contributed by atoms with Crippen LogP contribution >= 0.6 is 187 Å². The fourth-order valence-corrected chi connectivity index (χ4v) is 3.96. The topological polar surface area (TPSA) is 135 Å². The van der Waals surface area contributed by atoms with Crippen molar-refractivity contribution in [2.24, 2.45) is 4.99 Å². The molecule has 5 aromatic rings. The number of nitrogens with zero attached hydrogens (tertiary/aromatic N) is 7. The number of halogens is 11. The first-order valence-electron chi connectivity index (χ1n) is 14.4. The number of rotatable bonds is 2. The number of hydrogen-bond donors (Lipinski definition) is 2. The fourth-order valence-electron chi connectivity index (χ4n) is 3.36. The molecule has 0 fully saturated rings. The predicted octanol–water partition coefficient (Wildman–Crippen LogP) is 13.0. The van der Waals surface area contributed by atoms with Gasteiger partial charge in [0, 0.05) is 64.5 Å². The van der Waals surface area contributed by atoms with E-state index in [4.69, 9.17) is 11.6 Å². The standard InChI is InChI=1S/C10H8FN3.C10H11N3O.C5H5ClN2.C5H3FIN.CHI3.CH2I2.CH4.2HI.V/c1-7-12-5-3-9(14-7)8-2-4-13-10(11)6-8;1-7-11-5-3-9(13-7)8-2-4-12-10(14)6-8;1-4-7-3-2-5(6)8-4;6-5-3-4(7)1-2-8-5;2-1(3)4;2-1-3;;;;/h2-6H,1H3;2-6,9H,1H3,(H,11,13)(H,12,14);2-3H,1H3;1-3H;1H;1H2;1H4;2*1H;/q;;;;;;;;;+2/p-2. The summed E-state index contributed by atoms with van der Waals surface area (Å²) >= 11 is 23.8. The minimum atomic E-state index is -0.501. The van der Waals surface area contributed by atoms with Crippen molar-refractivity contribution >= 4 is 193 Å². The second kappa shape index (κ2) is 37.0. The Bertz CT molecular complexity index is 1780. The summed E-state index contributed by atoms with van der Waals surface area (Å²) in [5, 5.41) is 3.48. The molecule has 0 spiro atoms. The minimum absolute atomic E-state index is 0. The van der Waals surface area contributed by atoms with Crippen LogP contribution in [0.25, 0.3) is 11.3 Å². The summed E-state index contributed by atoms with van der Waals surface area (Å²) < 4.78 is 27.7. The van der Waals surface area contributed by atoms with E-state index in [0.29, 0.717) is 37.5 Å². The van der Waals surface area contributed by atoms with Crippen LogP contribution in [0.5, 0.6) is 0 Å². The predicted molar refractivity (Wildman–Crippen MR) is 287 cm³/mol. The van der Waals surface area contributed by atoms with Crippen LogP contribution in [-0.4, -0.2) is 43.1 Å². The second-order valence-corrected chi connectivity index (χ2v) is 37.9. The molecule has 0 amide bonds. The first-order chi connectivity index (χ1) is 25.6. The normalized spacial score (nSPS) is 11.6. The van der Waals surface area contributed by atoms with E-state index in [0.717, 1.165) is 14.9 Å². The molecule has 2 N–H and O–H groups in total. The second-order valence-electron chi connectivity index (χ2n) is 9.14. The first-order valence-corrected chi connectivity index (χ1v) is 31.7. The molecule has 1 aliphatic heterocycles. The number of hydrogen-bond acceptors (Lipinski definition) is 9. The quantitative estimate of drug-likeness (QED) is 0.0772. The van der Waals surface area contributed by atoms with E-state index in [-0.39, 0.29) is 19.0 Å². The van der Waals surface area contributed by atoms with Gasteiger partial charge in [-0.2, -0.15) is 8.78 Å². The summed E-state index contributed by atoms with van der Waals surface area (Å²) in [6, 6.07) is 12.9. The number of pyridine rings is 3. The fraction of sp³-hybridized carbons (Fsp3) is 0.212. The van der Waals surface area contributed by atoms with Gasteiger partial charge in [0.25, 0.3) is 0 Å². The molecule has 5 aromatic heterocycles. The molecule has 299 valence electrons. The summed E-state index contributed by atoms with van der Waals surface area (Å²) in [6.45, 7) is 5.48. The molecular formula is C33H34ClF2I8N9OV. The van der Waals surface area contributed by atoms with Crippen LogP contribution in [0.1, 0.15) is 37.6 Å². The van der Waals surface area contributed by atoms with Gasteiger partial charge in [0.15, 0.2) is 0 Å². The third-order valence-corrected chi connectivity index (χ3v) is 6.15. The van der Waals surface area contributed by atoms with Gasteiger partial charge in [0.05, 0.1) is 20.0 Å². The van der Waals surface area contributed by atoms with Gasteiger partial charge in [-0.05, 0) is 85.3 Å². The number of aromatic nitrogens is 7. The van der Waals surface area contributed by atoms with Crippen LogP contribution in [0.2, 0.25) is 5.15 Å². The van der Waals surface area contributed by atoms with Crippen molar-refractivity contribution in [3.05, 3.63) is 140 Å². The van der Waals surface area contributed by atoms with Gasteiger partial charge in [-0.1, -0.05) is 132 Å². The Balaban J connectivity index is 0. The van der Waals surface area contributed by atoms with E-state index in [2.05, 4.69) is 198 Å². The third kappa shape index (κ3) is 32.6. The van der Waals surface area contributed by atoms with Gasteiger partial charge in [0.2, 0.25) is 17.5 Å². The molecule has 0 aromatic carbocycles. The van der Waals surface area contributed by atoms with Crippen LogP contribution in [-0.2, 0) is 9.47 Å². The van der Waals surface area contributed by atoms with Crippen LogP contribution in [0.4, 0.5) is 8.78 Å². The van der Waals surface area contributed by atoms with Crippen molar-refractivity contribution in [2.75, 3.05) is 2.43 Å².